The number of aryl methyl sites for hydroxylation is 1. The Balaban J connectivity index is 0.658. The number of halogens is 4. The normalized spacial score (nSPS) is 21.1. The molecule has 15 rings (SSSR count). The van der Waals surface area contributed by atoms with E-state index in [4.69, 9.17) is 35.1 Å². The molecule has 3 aliphatic rings. The minimum absolute atomic E-state index is 0.116. The van der Waals surface area contributed by atoms with Crippen molar-refractivity contribution < 1.29 is 17.6 Å². The molecule has 0 amide bonds. The van der Waals surface area contributed by atoms with Gasteiger partial charge in [-0.15, -0.1) is 0 Å². The average molecular weight is 1190 g/mol. The quantitative estimate of drug-likeness (QED) is 0.0929. The molecule has 0 aliphatic heterocycles. The molecule has 89 heavy (non-hydrogen) atoms. The highest BCUT2D eigenvalue weighted by atomic mass is 19.2. The predicted molar refractivity (Wildman–Crippen MR) is 322 cm³/mol. The lowest BCUT2D eigenvalue weighted by Gasteiger charge is -2.21. The zero-order chi connectivity index (χ0) is 60.6. The summed E-state index contributed by atoms with van der Waals surface area (Å²) in [6.07, 6.45) is 16.9. The molecular formula is C67H54F4N18. The number of rotatable bonds is 14. The first-order chi connectivity index (χ1) is 43.4. The lowest BCUT2D eigenvalue weighted by atomic mass is 9.93. The smallest absolute Gasteiger partial charge is 0.141 e. The Bertz CT molecular complexity index is 4840. The molecule has 3 saturated carbocycles. The van der Waals surface area contributed by atoms with E-state index in [1.165, 1.54) is 0 Å². The summed E-state index contributed by atoms with van der Waals surface area (Å²) in [7, 11) is 0. The van der Waals surface area contributed by atoms with E-state index in [0.717, 1.165) is 67.1 Å². The second-order valence-corrected chi connectivity index (χ2v) is 23.9. The molecule has 11 heterocycles. The molecule has 0 saturated heterocycles. The van der Waals surface area contributed by atoms with E-state index >= 15 is 8.78 Å². The van der Waals surface area contributed by atoms with Gasteiger partial charge in [0.25, 0.3) is 0 Å². The molecule has 440 valence electrons. The minimum Gasteiger partial charge on any atom is -0.327 e. The van der Waals surface area contributed by atoms with Crippen molar-refractivity contribution in [2.75, 3.05) is 0 Å². The van der Waals surface area contributed by atoms with E-state index in [1.807, 2.05) is 123 Å². The number of pyridine rings is 5. The van der Waals surface area contributed by atoms with Gasteiger partial charge in [0.2, 0.25) is 0 Å². The Kier molecular flexibility index (Phi) is 13.7. The number of imidazole rings is 3. The van der Waals surface area contributed by atoms with E-state index in [1.54, 1.807) is 54.0 Å². The highest BCUT2D eigenvalue weighted by molar-refractivity contribution is 5.87. The molecule has 3 aliphatic carbocycles. The molecule has 0 bridgehead atoms. The second kappa shape index (κ2) is 22.2. The van der Waals surface area contributed by atoms with Gasteiger partial charge in [0.15, 0.2) is 0 Å². The molecule has 11 aromatic heterocycles. The summed E-state index contributed by atoms with van der Waals surface area (Å²) in [5, 5.41) is 43.8. The summed E-state index contributed by atoms with van der Waals surface area (Å²) in [5.74, 6) is -0.608. The van der Waals surface area contributed by atoms with Gasteiger partial charge < -0.3 is 13.4 Å². The van der Waals surface area contributed by atoms with Crippen molar-refractivity contribution in [1.82, 2.24) is 72.6 Å². The first kappa shape index (κ1) is 55.0. The molecular weight excluding hydrogens is 1130 g/mol. The maximum atomic E-state index is 15.7. The van der Waals surface area contributed by atoms with Crippen LogP contribution in [0.15, 0.2) is 147 Å². The number of nitrogens with zero attached hydrogens (tertiary/aromatic N) is 18. The van der Waals surface area contributed by atoms with Crippen molar-refractivity contribution in [3.05, 3.63) is 176 Å². The van der Waals surface area contributed by atoms with Crippen LogP contribution < -0.4 is 0 Å². The van der Waals surface area contributed by atoms with Crippen LogP contribution in [0, 0.1) is 58.7 Å². The molecule has 2 unspecified atom stereocenters. The van der Waals surface area contributed by atoms with Gasteiger partial charge in [-0.05, 0) is 130 Å². The molecule has 3 fully saturated rings. The van der Waals surface area contributed by atoms with Gasteiger partial charge in [-0.25, -0.2) is 47.5 Å². The molecule has 18 nitrogen and oxygen atoms in total. The van der Waals surface area contributed by atoms with E-state index in [2.05, 4.69) is 32.9 Å². The fraction of sp³-hybridized carbons (Fsp3) is 0.284. The minimum atomic E-state index is -1.46. The SMILES string of the molecule is Cc1cn2ccc(-c3nc(C#N)ccc3-c3cnn(C[C@@H]4C[C@@H](F)CC4n4cnc5cc(-c6nc(C#N)ccc6-c6cnn(C[C@H]7C[C@H](F)CC7c7cnc8cc(-c9nc(C#N)ccc9-c9cnn(CC%10C[C@H](F)[C@@H](F)C%10)c9)ccn78)c6)ccc54)c3)cc2n1. The van der Waals surface area contributed by atoms with Crippen LogP contribution in [0.4, 0.5) is 17.6 Å². The maximum absolute atomic E-state index is 15.7. The van der Waals surface area contributed by atoms with Gasteiger partial charge in [-0.1, -0.05) is 6.07 Å². The Morgan fingerprint density at radius 1 is 0.506 bits per heavy atom. The van der Waals surface area contributed by atoms with Crippen LogP contribution in [-0.2, 0) is 19.6 Å². The molecule has 0 radical (unpaired) electrons. The van der Waals surface area contributed by atoms with Crippen molar-refractivity contribution in [1.29, 1.82) is 15.8 Å². The molecule has 12 aromatic rings. The van der Waals surface area contributed by atoms with Gasteiger partial charge in [-0.3, -0.25) is 14.0 Å². The Labute approximate surface area is 506 Å². The first-order valence-electron chi connectivity index (χ1n) is 29.7. The topological polar surface area (TPSA) is 216 Å². The summed E-state index contributed by atoms with van der Waals surface area (Å²) in [6, 6.07) is 30.5. The Morgan fingerprint density at radius 2 is 1.04 bits per heavy atom. The fourth-order valence-electron chi connectivity index (χ4n) is 14.0. The second-order valence-electron chi connectivity index (χ2n) is 23.9. The summed E-state index contributed by atoms with van der Waals surface area (Å²) in [5.41, 5.74) is 14.0. The fourth-order valence-corrected chi connectivity index (χ4v) is 14.0. The molecule has 1 aromatic carbocycles. The molecule has 0 spiro atoms. The van der Waals surface area contributed by atoms with E-state index < -0.39 is 24.7 Å². The number of hydrogen-bond acceptors (Lipinski definition) is 12. The van der Waals surface area contributed by atoms with Gasteiger partial charge in [0.05, 0.1) is 58.7 Å². The lowest BCUT2D eigenvalue weighted by Crippen LogP contribution is -2.19. The third-order valence-electron chi connectivity index (χ3n) is 18.2. The summed E-state index contributed by atoms with van der Waals surface area (Å²) >= 11 is 0. The van der Waals surface area contributed by atoms with Crippen LogP contribution in [0.2, 0.25) is 0 Å². The molecule has 0 N–H and O–H groups in total. The number of nitriles is 3. The van der Waals surface area contributed by atoms with Crippen molar-refractivity contribution in [2.45, 2.75) is 102 Å². The first-order valence-corrected chi connectivity index (χ1v) is 29.7. The Morgan fingerprint density at radius 3 is 1.65 bits per heavy atom. The van der Waals surface area contributed by atoms with Gasteiger partial charge in [-0.2, -0.15) is 31.1 Å². The number of alkyl halides is 4. The summed E-state index contributed by atoms with van der Waals surface area (Å²) < 4.78 is 70.7. The Hall–Kier alpha value is -10.7. The standard InChI is InChI=1S/C67H54F4N18/c1-38-30-84-12-10-41(20-64(84)80-38)66-55(8-5-51(24-73)82-66)47-28-79-87(36-47)33-44-17-49(69)22-61(44)89-37-76-59-18-40(2-9-60(59)89)65-53(6-3-50(23-72)81-65)46-27-78-86(35-46)32-43-16-48(68)21-56(43)62-29-75-63-19-42(11-13-88(62)63)67-54(7-4-52(25-74)83-67)45-26-77-85(34-45)31-39-14-57(70)58(71)15-39/h2-13,18-20,26-30,34-37,39,43-44,48-49,56-58,61H,14-17,21-22,31-33H2,1H3/t43-,44+,48+,49-,56?,57+,58+,61?/m1/s1. The van der Waals surface area contributed by atoms with Crippen LogP contribution in [0.25, 0.3) is 89.5 Å². The molecule has 22 heteroatoms. The zero-order valence-corrected chi connectivity index (χ0v) is 48.0. The van der Waals surface area contributed by atoms with Crippen LogP contribution in [0.1, 0.15) is 79.0 Å². The summed E-state index contributed by atoms with van der Waals surface area (Å²) in [4.78, 5) is 28.5. The predicted octanol–water partition coefficient (Wildman–Crippen LogP) is 12.6. The van der Waals surface area contributed by atoms with Crippen LogP contribution >= 0.6 is 0 Å². The highest BCUT2D eigenvalue weighted by Crippen LogP contribution is 2.45. The largest absolute Gasteiger partial charge is 0.327 e. The van der Waals surface area contributed by atoms with Crippen molar-refractivity contribution in [3.63, 3.8) is 0 Å². The number of hydrogen-bond donors (Lipinski definition) is 0. The van der Waals surface area contributed by atoms with Crippen LogP contribution in [0.3, 0.4) is 0 Å². The monoisotopic (exact) mass is 1190 g/mol. The zero-order valence-electron chi connectivity index (χ0n) is 48.0. The van der Waals surface area contributed by atoms with E-state index in [9.17, 15) is 24.6 Å². The number of benzene rings is 1. The number of fused-ring (bicyclic) bond motifs is 3. The van der Waals surface area contributed by atoms with Crippen molar-refractivity contribution in [2.24, 2.45) is 17.8 Å². The van der Waals surface area contributed by atoms with Crippen molar-refractivity contribution in [3.8, 4) is 85.4 Å². The van der Waals surface area contributed by atoms with Crippen molar-refractivity contribution >= 4 is 22.3 Å². The number of aromatic nitrogens is 15. The third-order valence-corrected chi connectivity index (χ3v) is 18.2. The average Bonchev–Trinajstić information content (AvgIpc) is 1.89. The summed E-state index contributed by atoms with van der Waals surface area (Å²) in [6.45, 7) is 3.20. The third kappa shape index (κ3) is 10.3. The van der Waals surface area contributed by atoms with E-state index in [0.29, 0.717) is 84.8 Å². The van der Waals surface area contributed by atoms with Crippen LogP contribution in [0.5, 0.6) is 0 Å². The van der Waals surface area contributed by atoms with E-state index in [-0.39, 0.29) is 53.9 Å². The molecule has 8 atom stereocenters. The lowest BCUT2D eigenvalue weighted by molar-refractivity contribution is 0.199. The van der Waals surface area contributed by atoms with Gasteiger partial charge in [0, 0.05) is 137 Å². The van der Waals surface area contributed by atoms with Gasteiger partial charge >= 0.3 is 0 Å². The highest BCUT2D eigenvalue weighted by Gasteiger charge is 2.39. The van der Waals surface area contributed by atoms with Gasteiger partial charge in [0.1, 0.15) is 71.3 Å². The van der Waals surface area contributed by atoms with Crippen LogP contribution in [-0.4, -0.2) is 97.3 Å². The maximum Gasteiger partial charge on any atom is 0.141 e.